The van der Waals surface area contributed by atoms with E-state index >= 15 is 0 Å². The first-order valence-corrected chi connectivity index (χ1v) is 12.8. The maximum Gasteiger partial charge on any atom is 0.325 e. The molecule has 0 aliphatic carbocycles. The second kappa shape index (κ2) is 8.88. The van der Waals surface area contributed by atoms with Gasteiger partial charge in [0.15, 0.2) is 17.4 Å². The van der Waals surface area contributed by atoms with Crippen LogP contribution in [-0.4, -0.2) is 78.5 Å². The number of methoxy groups -OCH3 is 2. The van der Waals surface area contributed by atoms with Gasteiger partial charge in [-0.15, -0.1) is 0 Å². The van der Waals surface area contributed by atoms with Crippen LogP contribution in [0.1, 0.15) is 26.7 Å². The quantitative estimate of drug-likeness (QED) is 0.335. The molecule has 2 amide bonds. The van der Waals surface area contributed by atoms with Crippen molar-refractivity contribution >= 4 is 44.6 Å². The molecule has 2 aliphatic rings. The zero-order valence-electron chi connectivity index (χ0n) is 20.1. The molecule has 2 fully saturated rings. The molecule has 190 valence electrons. The van der Waals surface area contributed by atoms with E-state index in [-0.39, 0.29) is 5.82 Å². The standard InChI is InChI=1S/C22H29N5O7S/c1-12-13(2)21(29)27(20(12)28,11-35(30,31)32)14-5-7-26(8-6-14)22-24-16-10-18(34-4)17(33-3)9-15(16)19(23)25-22/h9-10,12-14H,5-8,11H2,1-4H3,(H2-,23,24,25,30,31,32). The SMILES string of the molecule is COc1cc2nc(N3CCC([N+]4(CS(=O)(=O)[O-])C(=O)C(C)C(C)C4=O)CC3)nc(N)c2cc1OC. The van der Waals surface area contributed by atoms with Crippen LogP contribution in [0.4, 0.5) is 11.8 Å². The van der Waals surface area contributed by atoms with Gasteiger partial charge in [0.2, 0.25) is 5.95 Å². The van der Waals surface area contributed by atoms with Gasteiger partial charge in [-0.1, -0.05) is 0 Å². The first kappa shape index (κ1) is 25.1. The summed E-state index contributed by atoms with van der Waals surface area (Å²) in [6, 6.07) is 2.78. The molecule has 1 aromatic carbocycles. The molecule has 2 atom stereocenters. The minimum absolute atomic E-state index is 0.251. The van der Waals surface area contributed by atoms with Gasteiger partial charge in [-0.3, -0.25) is 0 Å². The Hall–Kier alpha value is -3.03. The normalized spacial score (nSPS) is 25.9. The lowest BCUT2D eigenvalue weighted by atomic mass is 10.00. The number of benzene rings is 1. The number of likely N-dealkylation sites (tertiary alicyclic amines) is 1. The van der Waals surface area contributed by atoms with E-state index in [4.69, 9.17) is 15.2 Å². The fourth-order valence-electron chi connectivity index (χ4n) is 5.22. The molecule has 2 aromatic rings. The maximum absolute atomic E-state index is 13.2. The number of nitrogens with zero attached hydrogens (tertiary/aromatic N) is 4. The Morgan fingerprint density at radius 2 is 1.60 bits per heavy atom. The summed E-state index contributed by atoms with van der Waals surface area (Å²) in [5.41, 5.74) is 6.75. The molecule has 2 unspecified atom stereocenters. The summed E-state index contributed by atoms with van der Waals surface area (Å²) in [5.74, 6) is -1.77. The summed E-state index contributed by atoms with van der Waals surface area (Å²) in [4.78, 5) is 37.2. The molecule has 0 bridgehead atoms. The summed E-state index contributed by atoms with van der Waals surface area (Å²) in [7, 11) is -1.80. The van der Waals surface area contributed by atoms with Crippen molar-refractivity contribution in [1.82, 2.24) is 9.97 Å². The number of rotatable bonds is 6. The van der Waals surface area contributed by atoms with Crippen LogP contribution >= 0.6 is 0 Å². The molecular weight excluding hydrogens is 478 g/mol. The van der Waals surface area contributed by atoms with Crippen molar-refractivity contribution < 1.29 is 36.5 Å². The number of nitrogens with two attached hydrogens (primary N) is 1. The highest BCUT2D eigenvalue weighted by Crippen LogP contribution is 2.40. The van der Waals surface area contributed by atoms with Crippen molar-refractivity contribution in [2.45, 2.75) is 32.7 Å². The molecule has 2 saturated heterocycles. The molecule has 2 N–H and O–H groups in total. The number of hydrogen-bond acceptors (Lipinski definition) is 11. The predicted octanol–water partition coefficient (Wildman–Crippen LogP) is 0.857. The number of anilines is 2. The number of nitrogen functional groups attached to an aromatic ring is 1. The second-order valence-electron chi connectivity index (χ2n) is 9.16. The van der Waals surface area contributed by atoms with Crippen molar-refractivity contribution in [3.05, 3.63) is 12.1 Å². The smallest absolute Gasteiger partial charge is 0.325 e. The van der Waals surface area contributed by atoms with Crippen LogP contribution in [0.3, 0.4) is 0 Å². The second-order valence-corrected chi connectivity index (χ2v) is 10.5. The molecule has 3 heterocycles. The minimum atomic E-state index is -4.83. The number of carbonyl (C=O) groups excluding carboxylic acids is 2. The fourth-order valence-corrected chi connectivity index (χ4v) is 6.18. The summed E-state index contributed by atoms with van der Waals surface area (Å²) in [6.07, 6.45) is 0.610. The number of hydrogen-bond donors (Lipinski definition) is 1. The highest BCUT2D eigenvalue weighted by molar-refractivity contribution is 7.85. The van der Waals surface area contributed by atoms with E-state index < -0.39 is 50.2 Å². The molecule has 4 rings (SSSR count). The Bertz CT molecular complexity index is 1270. The molecule has 12 nitrogen and oxygen atoms in total. The number of quaternary nitrogens is 1. The lowest BCUT2D eigenvalue weighted by Gasteiger charge is -2.42. The highest BCUT2D eigenvalue weighted by Gasteiger charge is 2.62. The summed E-state index contributed by atoms with van der Waals surface area (Å²) in [5, 5.41) is 0.600. The number of ether oxygens (including phenoxy) is 2. The van der Waals surface area contributed by atoms with Crippen LogP contribution in [-0.2, 0) is 19.7 Å². The van der Waals surface area contributed by atoms with E-state index in [9.17, 15) is 22.6 Å². The number of carbonyl (C=O) groups is 2. The van der Waals surface area contributed by atoms with Crippen LogP contribution in [0.15, 0.2) is 12.1 Å². The van der Waals surface area contributed by atoms with Gasteiger partial charge >= 0.3 is 11.8 Å². The molecule has 1 aromatic heterocycles. The van der Waals surface area contributed by atoms with E-state index in [1.165, 1.54) is 14.2 Å². The van der Waals surface area contributed by atoms with Crippen molar-refractivity contribution in [3.63, 3.8) is 0 Å². The number of aromatic nitrogens is 2. The van der Waals surface area contributed by atoms with Crippen LogP contribution in [0, 0.1) is 11.8 Å². The topological polar surface area (TPSA) is 165 Å². The van der Waals surface area contributed by atoms with Gasteiger partial charge in [0.05, 0.1) is 31.6 Å². The van der Waals surface area contributed by atoms with Crippen LogP contribution in [0.5, 0.6) is 11.5 Å². The number of fused-ring (bicyclic) bond motifs is 1. The van der Waals surface area contributed by atoms with Crippen molar-refractivity contribution in [1.29, 1.82) is 0 Å². The molecule has 0 spiro atoms. The van der Waals surface area contributed by atoms with E-state index in [2.05, 4.69) is 9.97 Å². The zero-order chi connectivity index (χ0) is 25.7. The average Bonchev–Trinajstić information content (AvgIpc) is 2.98. The molecular formula is C22H29N5O7S. The third-order valence-electron chi connectivity index (χ3n) is 7.27. The average molecular weight is 508 g/mol. The first-order chi connectivity index (χ1) is 16.4. The third kappa shape index (κ3) is 4.17. The monoisotopic (exact) mass is 507 g/mol. The third-order valence-corrected chi connectivity index (χ3v) is 7.99. The van der Waals surface area contributed by atoms with E-state index in [1.807, 2.05) is 4.90 Å². The fraction of sp³-hybridized carbons (Fsp3) is 0.545. The lowest BCUT2D eigenvalue weighted by molar-refractivity contribution is -0.791. The lowest BCUT2D eigenvalue weighted by Crippen LogP contribution is -2.64. The van der Waals surface area contributed by atoms with Crippen LogP contribution in [0.25, 0.3) is 10.9 Å². The maximum atomic E-state index is 13.2. The van der Waals surface area contributed by atoms with Gasteiger partial charge in [-0.2, -0.15) is 9.47 Å². The Morgan fingerprint density at radius 1 is 1.06 bits per heavy atom. The minimum Gasteiger partial charge on any atom is -0.744 e. The molecule has 13 heteroatoms. The highest BCUT2D eigenvalue weighted by atomic mass is 32.2. The van der Waals surface area contributed by atoms with Crippen LogP contribution in [0.2, 0.25) is 0 Å². The molecule has 0 radical (unpaired) electrons. The Labute approximate surface area is 203 Å². The van der Waals surface area contributed by atoms with Gasteiger partial charge in [0, 0.05) is 37.4 Å². The first-order valence-electron chi connectivity index (χ1n) is 11.3. The number of imide groups is 1. The largest absolute Gasteiger partial charge is 0.744 e. The number of amides is 2. The van der Waals surface area contributed by atoms with Gasteiger partial charge in [-0.05, 0) is 19.9 Å². The molecule has 0 saturated carbocycles. The van der Waals surface area contributed by atoms with Gasteiger partial charge in [0.1, 0.15) is 22.0 Å². The Kier molecular flexibility index (Phi) is 6.36. The van der Waals surface area contributed by atoms with Crippen molar-refractivity contribution in [3.8, 4) is 11.5 Å². The van der Waals surface area contributed by atoms with Crippen molar-refractivity contribution in [2.24, 2.45) is 11.8 Å². The summed E-state index contributed by atoms with van der Waals surface area (Å²) < 4.78 is 45.0. The summed E-state index contributed by atoms with van der Waals surface area (Å²) >= 11 is 0. The van der Waals surface area contributed by atoms with Gasteiger partial charge in [-0.25, -0.2) is 23.0 Å². The molecule has 35 heavy (non-hydrogen) atoms. The summed E-state index contributed by atoms with van der Waals surface area (Å²) in [6.45, 7) is 3.91. The zero-order valence-corrected chi connectivity index (χ0v) is 20.9. The van der Waals surface area contributed by atoms with Crippen LogP contribution < -0.4 is 20.1 Å². The van der Waals surface area contributed by atoms with E-state index in [1.54, 1.807) is 26.0 Å². The molecule has 2 aliphatic heterocycles. The van der Waals surface area contributed by atoms with E-state index in [0.29, 0.717) is 54.3 Å². The Balaban J connectivity index is 1.63. The van der Waals surface area contributed by atoms with E-state index in [0.717, 1.165) is 0 Å². The van der Waals surface area contributed by atoms with Gasteiger partial charge in [0.25, 0.3) is 0 Å². The van der Waals surface area contributed by atoms with Gasteiger partial charge < -0.3 is 24.7 Å². The number of piperidine rings is 1. The Morgan fingerprint density at radius 3 is 2.11 bits per heavy atom. The van der Waals surface area contributed by atoms with Crippen molar-refractivity contribution in [2.75, 3.05) is 43.8 Å². The predicted molar refractivity (Wildman–Crippen MR) is 125 cm³/mol.